The van der Waals surface area contributed by atoms with Crippen LogP contribution in [0.1, 0.15) is 153 Å². The summed E-state index contributed by atoms with van der Waals surface area (Å²) >= 11 is 12.6. The second-order valence-electron chi connectivity index (χ2n) is 12.5. The van der Waals surface area contributed by atoms with E-state index in [1.807, 2.05) is 0 Å². The molecule has 0 saturated carbocycles. The third-order valence-corrected chi connectivity index (χ3v) is 13.4. The van der Waals surface area contributed by atoms with Crippen LogP contribution < -0.4 is 0 Å². The summed E-state index contributed by atoms with van der Waals surface area (Å²) in [6, 6.07) is 4.59. The van der Waals surface area contributed by atoms with Crippen molar-refractivity contribution in [2.75, 3.05) is 0 Å². The molecule has 9 heteroatoms. The van der Waals surface area contributed by atoms with Gasteiger partial charge < -0.3 is 0 Å². The number of hydrogen-bond donors (Lipinski definition) is 0. The summed E-state index contributed by atoms with van der Waals surface area (Å²) < 4.78 is 7.78. The lowest BCUT2D eigenvalue weighted by atomic mass is 10.0. The van der Waals surface area contributed by atoms with Crippen LogP contribution in [0.4, 0.5) is 0 Å². The first-order valence-corrected chi connectivity index (χ1v) is 21.7. The number of hydrogen-bond acceptors (Lipinski definition) is 7. The second kappa shape index (κ2) is 21.3. The molecule has 45 heavy (non-hydrogen) atoms. The van der Waals surface area contributed by atoms with Gasteiger partial charge in [-0.3, -0.25) is 0 Å². The molecule has 0 bridgehead atoms. The Morgan fingerprint density at radius 1 is 0.511 bits per heavy atom. The quantitative estimate of drug-likeness (QED) is 0.0663. The molecule has 0 aromatic carbocycles. The largest absolute Gasteiger partial charge is 0.147 e. The summed E-state index contributed by atoms with van der Waals surface area (Å²) in [6.45, 7) is 4.57. The molecular formula is C36H52Br2N4S3. The molecule has 0 aliphatic rings. The molecule has 248 valence electrons. The second-order valence-corrected chi connectivity index (χ2v) is 18.0. The molecule has 0 atom stereocenters. The Morgan fingerprint density at radius 3 is 1.38 bits per heavy atom. The van der Waals surface area contributed by atoms with Crippen LogP contribution in [0.25, 0.3) is 31.4 Å². The molecule has 0 amide bonds. The number of halogens is 2. The normalized spacial score (nSPS) is 11.7. The number of thiophene rings is 2. The summed E-state index contributed by atoms with van der Waals surface area (Å²) in [5, 5.41) is 14.0. The maximum absolute atomic E-state index is 4.76. The molecule has 4 heterocycles. The van der Waals surface area contributed by atoms with Gasteiger partial charge in [-0.15, -0.1) is 38.0 Å². The van der Waals surface area contributed by atoms with Gasteiger partial charge in [-0.2, -0.15) is 0 Å². The Kier molecular flexibility index (Phi) is 17.5. The Balaban J connectivity index is 1.27. The number of nitrogens with zero attached hydrogens (tertiary/aromatic N) is 4. The molecule has 0 N–H and O–H groups in total. The third kappa shape index (κ3) is 12.0. The van der Waals surface area contributed by atoms with E-state index in [1.165, 1.54) is 159 Å². The molecule has 4 aromatic rings. The minimum atomic E-state index is 0.851. The van der Waals surface area contributed by atoms with Crippen LogP contribution >= 0.6 is 66.1 Å². The highest BCUT2D eigenvalue weighted by Gasteiger charge is 2.21. The summed E-state index contributed by atoms with van der Waals surface area (Å²) in [7, 11) is 0. The van der Waals surface area contributed by atoms with Gasteiger partial charge in [-0.25, -0.2) is 0 Å². The van der Waals surface area contributed by atoms with Gasteiger partial charge in [-0.1, -0.05) is 134 Å². The first kappa shape index (κ1) is 37.1. The van der Waals surface area contributed by atoms with Gasteiger partial charge in [0.15, 0.2) is 0 Å². The lowest BCUT2D eigenvalue weighted by molar-refractivity contribution is 0.556. The van der Waals surface area contributed by atoms with E-state index in [-0.39, 0.29) is 0 Å². The SMILES string of the molecule is CCCCCCCCCCCCc1cc(-c2nnc(-c3cc(CCCCCCCCCCCC)c(Br)s3)c3snnc23)sc1Br. The first-order valence-electron chi connectivity index (χ1n) is 17.7. The van der Waals surface area contributed by atoms with Crippen LogP contribution in [-0.2, 0) is 12.8 Å². The van der Waals surface area contributed by atoms with Crippen molar-refractivity contribution in [3.8, 4) is 21.1 Å². The van der Waals surface area contributed by atoms with Crippen molar-refractivity contribution in [2.45, 2.75) is 155 Å². The Morgan fingerprint density at radius 2 is 0.911 bits per heavy atom. The highest BCUT2D eigenvalue weighted by molar-refractivity contribution is 9.11. The zero-order chi connectivity index (χ0) is 31.7. The zero-order valence-electron chi connectivity index (χ0n) is 27.5. The Labute approximate surface area is 301 Å². The monoisotopic (exact) mass is 794 g/mol. The van der Waals surface area contributed by atoms with Gasteiger partial charge in [0.1, 0.15) is 21.6 Å². The summed E-state index contributed by atoms with van der Waals surface area (Å²) in [6.07, 6.45) is 29.4. The number of aryl methyl sites for hydroxylation is 2. The molecular weight excluding hydrogens is 744 g/mol. The topological polar surface area (TPSA) is 51.6 Å². The maximum atomic E-state index is 4.76. The molecule has 0 aliphatic carbocycles. The molecule has 0 fully saturated rings. The van der Waals surface area contributed by atoms with Crippen molar-refractivity contribution >= 4 is 76.3 Å². The number of rotatable bonds is 24. The third-order valence-electron chi connectivity index (χ3n) is 8.76. The first-order chi connectivity index (χ1) is 22.1. The average Bonchev–Trinajstić information content (AvgIpc) is 3.77. The molecule has 0 unspecified atom stereocenters. The number of aromatic nitrogens is 4. The van der Waals surface area contributed by atoms with Crippen LogP contribution in [0.2, 0.25) is 0 Å². The lowest BCUT2D eigenvalue weighted by Crippen LogP contribution is -1.91. The molecule has 0 saturated heterocycles. The van der Waals surface area contributed by atoms with E-state index in [1.54, 1.807) is 22.7 Å². The van der Waals surface area contributed by atoms with Gasteiger partial charge in [0.05, 0.1) is 17.3 Å². The lowest BCUT2D eigenvalue weighted by Gasteiger charge is -2.03. The van der Waals surface area contributed by atoms with Crippen LogP contribution in [0.15, 0.2) is 19.7 Å². The predicted octanol–water partition coefficient (Wildman–Crippen LogP) is 14.4. The maximum Gasteiger partial charge on any atom is 0.137 e. The highest BCUT2D eigenvalue weighted by atomic mass is 79.9. The van der Waals surface area contributed by atoms with Crippen LogP contribution in [-0.4, -0.2) is 19.8 Å². The smallest absolute Gasteiger partial charge is 0.137 e. The fourth-order valence-corrected chi connectivity index (χ4v) is 10.3. The fraction of sp³-hybridized carbons (Fsp3) is 0.667. The van der Waals surface area contributed by atoms with E-state index in [4.69, 9.17) is 10.2 Å². The van der Waals surface area contributed by atoms with Crippen molar-refractivity contribution in [1.29, 1.82) is 0 Å². The Bertz CT molecular complexity index is 1290. The fourth-order valence-electron chi connectivity index (χ4n) is 6.01. The van der Waals surface area contributed by atoms with E-state index >= 15 is 0 Å². The van der Waals surface area contributed by atoms with Gasteiger partial charge in [0.2, 0.25) is 0 Å². The van der Waals surface area contributed by atoms with Crippen LogP contribution in [0, 0.1) is 0 Å². The summed E-state index contributed by atoms with van der Waals surface area (Å²) in [5.41, 5.74) is 5.37. The number of fused-ring (bicyclic) bond motifs is 1. The van der Waals surface area contributed by atoms with Crippen molar-refractivity contribution < 1.29 is 0 Å². The predicted molar refractivity (Wildman–Crippen MR) is 206 cm³/mol. The van der Waals surface area contributed by atoms with Gasteiger partial charge in [0, 0.05) is 0 Å². The molecule has 4 nitrogen and oxygen atoms in total. The molecule has 0 spiro atoms. The van der Waals surface area contributed by atoms with Crippen LogP contribution in [0.3, 0.4) is 0 Å². The minimum absolute atomic E-state index is 0.851. The van der Waals surface area contributed by atoms with Gasteiger partial charge >= 0.3 is 0 Å². The van der Waals surface area contributed by atoms with Crippen molar-refractivity contribution in [2.24, 2.45) is 0 Å². The average molecular weight is 797 g/mol. The van der Waals surface area contributed by atoms with Crippen molar-refractivity contribution in [1.82, 2.24) is 19.8 Å². The highest BCUT2D eigenvalue weighted by Crippen LogP contribution is 2.42. The van der Waals surface area contributed by atoms with E-state index in [9.17, 15) is 0 Å². The molecule has 4 rings (SSSR count). The zero-order valence-corrected chi connectivity index (χ0v) is 33.1. The molecule has 0 aliphatic heterocycles. The van der Waals surface area contributed by atoms with E-state index in [0.717, 1.165) is 44.2 Å². The standard InChI is InChI=1S/C36H52Br2N4S3/c1-3-5-7-9-11-13-15-17-19-21-23-27-25-29(43-35(27)37)31-33-34(45-42-41-33)32(40-39-31)30-26-28(36(38)44-30)24-22-20-18-16-14-12-10-8-6-4-2/h25-26H,3-24H2,1-2H3. The summed E-state index contributed by atoms with van der Waals surface area (Å²) in [5.74, 6) is 0. The van der Waals surface area contributed by atoms with Crippen LogP contribution in [0.5, 0.6) is 0 Å². The van der Waals surface area contributed by atoms with E-state index < -0.39 is 0 Å². The van der Waals surface area contributed by atoms with Gasteiger partial charge in [0.25, 0.3) is 0 Å². The summed E-state index contributed by atoms with van der Waals surface area (Å²) in [4.78, 5) is 2.27. The van der Waals surface area contributed by atoms with E-state index in [0.29, 0.717) is 0 Å². The Hall–Kier alpha value is -0.740. The minimum Gasteiger partial charge on any atom is -0.147 e. The molecule has 0 radical (unpaired) electrons. The van der Waals surface area contributed by atoms with Gasteiger partial charge in [-0.05, 0) is 92.3 Å². The number of unbranched alkanes of at least 4 members (excludes halogenated alkanes) is 18. The van der Waals surface area contributed by atoms with Crippen molar-refractivity contribution in [3.05, 3.63) is 30.8 Å². The van der Waals surface area contributed by atoms with E-state index in [2.05, 4.69) is 67.4 Å². The van der Waals surface area contributed by atoms with Crippen molar-refractivity contribution in [3.63, 3.8) is 0 Å². The molecule has 4 aromatic heterocycles.